The number of hydrogen-bond acceptors (Lipinski definition) is 3. The van der Waals surface area contributed by atoms with E-state index in [4.69, 9.17) is 4.74 Å². The molecule has 2 fully saturated rings. The molecule has 2 saturated heterocycles. The molecule has 1 amide bonds. The highest BCUT2D eigenvalue weighted by molar-refractivity contribution is 5.94. The van der Waals surface area contributed by atoms with Gasteiger partial charge in [0.15, 0.2) is 0 Å². The van der Waals surface area contributed by atoms with E-state index in [1.54, 1.807) is 7.11 Å². The van der Waals surface area contributed by atoms with Gasteiger partial charge in [0.25, 0.3) is 5.91 Å². The van der Waals surface area contributed by atoms with Crippen LogP contribution in [0.25, 0.3) is 0 Å². The maximum Gasteiger partial charge on any atom is 0.254 e. The number of amides is 1. The van der Waals surface area contributed by atoms with Crippen LogP contribution in [0.5, 0.6) is 5.75 Å². The van der Waals surface area contributed by atoms with Gasteiger partial charge in [-0.15, -0.1) is 0 Å². The lowest BCUT2D eigenvalue weighted by Gasteiger charge is -2.24. The highest BCUT2D eigenvalue weighted by Gasteiger charge is 2.43. The Kier molecular flexibility index (Phi) is 3.19. The summed E-state index contributed by atoms with van der Waals surface area (Å²) in [5.74, 6) is 2.16. The van der Waals surface area contributed by atoms with Gasteiger partial charge in [0, 0.05) is 31.2 Å². The lowest BCUT2D eigenvalue weighted by Crippen LogP contribution is -2.38. The Morgan fingerprint density at radius 3 is 2.68 bits per heavy atom. The Bertz CT molecular complexity index is 472. The Balaban J connectivity index is 1.76. The summed E-state index contributed by atoms with van der Waals surface area (Å²) in [6.07, 6.45) is 0. The molecule has 2 aliphatic heterocycles. The van der Waals surface area contributed by atoms with Gasteiger partial charge in [0.1, 0.15) is 5.75 Å². The fraction of sp³-hybridized carbons (Fsp3) is 0.533. The second kappa shape index (κ2) is 4.85. The fourth-order valence-corrected chi connectivity index (χ4v) is 3.34. The zero-order valence-electron chi connectivity index (χ0n) is 11.4. The van der Waals surface area contributed by atoms with Crippen molar-refractivity contribution >= 4 is 5.91 Å². The Labute approximate surface area is 113 Å². The third-order valence-electron chi connectivity index (χ3n) is 4.53. The monoisotopic (exact) mass is 260 g/mol. The van der Waals surface area contributed by atoms with E-state index in [1.807, 2.05) is 29.2 Å². The number of nitrogens with zero attached hydrogens (tertiary/aromatic N) is 1. The number of nitrogens with one attached hydrogen (secondary N) is 1. The van der Waals surface area contributed by atoms with E-state index in [1.165, 1.54) is 0 Å². The van der Waals surface area contributed by atoms with Crippen molar-refractivity contribution < 1.29 is 9.53 Å². The fourth-order valence-electron chi connectivity index (χ4n) is 3.34. The molecule has 0 saturated carbocycles. The third-order valence-corrected chi connectivity index (χ3v) is 4.53. The Morgan fingerprint density at radius 2 is 2.05 bits per heavy atom. The molecule has 0 aromatic heterocycles. The molecule has 1 aromatic carbocycles. The van der Waals surface area contributed by atoms with E-state index in [0.29, 0.717) is 17.9 Å². The number of ether oxygens (including phenoxy) is 1. The van der Waals surface area contributed by atoms with Crippen LogP contribution in [-0.4, -0.2) is 43.6 Å². The predicted octanol–water partition coefficient (Wildman–Crippen LogP) is 1.38. The van der Waals surface area contributed by atoms with Crippen molar-refractivity contribution in [3.63, 3.8) is 0 Å². The standard InChI is InChI=1S/C15H20N2O2/c1-10-14-8-16-7-12(14)9-17(10)15(18)11-3-5-13(19-2)6-4-11/h3-6,10,12,14,16H,7-9H2,1-2H3. The van der Waals surface area contributed by atoms with Gasteiger partial charge < -0.3 is 15.0 Å². The van der Waals surface area contributed by atoms with Gasteiger partial charge in [-0.25, -0.2) is 0 Å². The van der Waals surface area contributed by atoms with Crippen molar-refractivity contribution in [2.75, 3.05) is 26.7 Å². The number of carbonyl (C=O) groups is 1. The third kappa shape index (κ3) is 2.10. The second-order valence-electron chi connectivity index (χ2n) is 5.51. The molecule has 3 atom stereocenters. The number of fused-ring (bicyclic) bond motifs is 1. The largest absolute Gasteiger partial charge is 0.497 e. The van der Waals surface area contributed by atoms with E-state index in [0.717, 1.165) is 30.9 Å². The summed E-state index contributed by atoms with van der Waals surface area (Å²) >= 11 is 0. The maximum atomic E-state index is 12.6. The summed E-state index contributed by atoms with van der Waals surface area (Å²) in [6.45, 7) is 5.13. The van der Waals surface area contributed by atoms with Gasteiger partial charge in [-0.05, 0) is 43.0 Å². The Morgan fingerprint density at radius 1 is 1.32 bits per heavy atom. The molecular formula is C15H20N2O2. The van der Waals surface area contributed by atoms with Crippen LogP contribution in [0.3, 0.4) is 0 Å². The highest BCUT2D eigenvalue weighted by Crippen LogP contribution is 2.33. The average Bonchev–Trinajstić information content (AvgIpc) is 3.02. The SMILES string of the molecule is COc1ccc(C(=O)N2CC3CNCC3C2C)cc1. The van der Waals surface area contributed by atoms with Crippen LogP contribution >= 0.6 is 0 Å². The van der Waals surface area contributed by atoms with Gasteiger partial charge in [-0.2, -0.15) is 0 Å². The van der Waals surface area contributed by atoms with Gasteiger partial charge in [-0.1, -0.05) is 0 Å². The summed E-state index contributed by atoms with van der Waals surface area (Å²) in [6, 6.07) is 7.71. The molecule has 0 aliphatic carbocycles. The lowest BCUT2D eigenvalue weighted by atomic mass is 9.95. The molecule has 0 spiro atoms. The Hall–Kier alpha value is -1.55. The number of likely N-dealkylation sites (tertiary alicyclic amines) is 1. The summed E-state index contributed by atoms with van der Waals surface area (Å²) in [5.41, 5.74) is 0.751. The number of carbonyl (C=O) groups excluding carboxylic acids is 1. The molecule has 2 aliphatic rings. The second-order valence-corrected chi connectivity index (χ2v) is 5.51. The lowest BCUT2D eigenvalue weighted by molar-refractivity contribution is 0.0728. The number of rotatable bonds is 2. The topological polar surface area (TPSA) is 41.6 Å². The molecule has 2 heterocycles. The first-order chi connectivity index (χ1) is 9.20. The van der Waals surface area contributed by atoms with Crippen molar-refractivity contribution in [3.05, 3.63) is 29.8 Å². The summed E-state index contributed by atoms with van der Waals surface area (Å²) in [4.78, 5) is 14.6. The summed E-state index contributed by atoms with van der Waals surface area (Å²) < 4.78 is 5.12. The quantitative estimate of drug-likeness (QED) is 0.873. The van der Waals surface area contributed by atoms with Crippen molar-refractivity contribution in [3.8, 4) is 5.75 Å². The smallest absolute Gasteiger partial charge is 0.254 e. The van der Waals surface area contributed by atoms with Crippen LogP contribution in [0, 0.1) is 11.8 Å². The molecule has 0 radical (unpaired) electrons. The van der Waals surface area contributed by atoms with Gasteiger partial charge in [-0.3, -0.25) is 4.79 Å². The van der Waals surface area contributed by atoms with Gasteiger partial charge in [0.2, 0.25) is 0 Å². The van der Waals surface area contributed by atoms with Gasteiger partial charge >= 0.3 is 0 Å². The first-order valence-electron chi connectivity index (χ1n) is 6.86. The van der Waals surface area contributed by atoms with E-state index < -0.39 is 0 Å². The van der Waals surface area contributed by atoms with Crippen LogP contribution in [0.1, 0.15) is 17.3 Å². The van der Waals surface area contributed by atoms with Crippen molar-refractivity contribution in [2.45, 2.75) is 13.0 Å². The van der Waals surface area contributed by atoms with E-state index in [9.17, 15) is 4.79 Å². The minimum absolute atomic E-state index is 0.143. The summed E-state index contributed by atoms with van der Waals surface area (Å²) in [7, 11) is 1.63. The zero-order valence-corrected chi connectivity index (χ0v) is 11.4. The first-order valence-corrected chi connectivity index (χ1v) is 6.86. The molecule has 4 nitrogen and oxygen atoms in total. The molecule has 1 N–H and O–H groups in total. The minimum atomic E-state index is 0.143. The summed E-state index contributed by atoms with van der Waals surface area (Å²) in [5, 5.41) is 3.41. The van der Waals surface area contributed by atoms with E-state index in [2.05, 4.69) is 12.2 Å². The van der Waals surface area contributed by atoms with Gasteiger partial charge in [0.05, 0.1) is 7.11 Å². The molecule has 102 valence electrons. The number of methoxy groups -OCH3 is 1. The van der Waals surface area contributed by atoms with Crippen molar-refractivity contribution in [1.29, 1.82) is 0 Å². The highest BCUT2D eigenvalue weighted by atomic mass is 16.5. The molecule has 19 heavy (non-hydrogen) atoms. The van der Waals surface area contributed by atoms with E-state index in [-0.39, 0.29) is 5.91 Å². The van der Waals surface area contributed by atoms with E-state index >= 15 is 0 Å². The molecule has 4 heteroatoms. The molecule has 1 aromatic rings. The van der Waals surface area contributed by atoms with Crippen LogP contribution in [-0.2, 0) is 0 Å². The van der Waals surface area contributed by atoms with Crippen LogP contribution in [0.15, 0.2) is 24.3 Å². The molecule has 0 bridgehead atoms. The average molecular weight is 260 g/mol. The number of benzene rings is 1. The maximum absolute atomic E-state index is 12.6. The minimum Gasteiger partial charge on any atom is -0.497 e. The first kappa shape index (κ1) is 12.5. The predicted molar refractivity (Wildman–Crippen MR) is 73.3 cm³/mol. The van der Waals surface area contributed by atoms with Crippen LogP contribution in [0.4, 0.5) is 0 Å². The molecular weight excluding hydrogens is 240 g/mol. The van der Waals surface area contributed by atoms with Crippen LogP contribution < -0.4 is 10.1 Å². The van der Waals surface area contributed by atoms with Crippen molar-refractivity contribution in [2.24, 2.45) is 11.8 Å². The normalized spacial score (nSPS) is 29.4. The van der Waals surface area contributed by atoms with Crippen molar-refractivity contribution in [1.82, 2.24) is 10.2 Å². The molecule has 3 unspecified atom stereocenters. The molecule has 3 rings (SSSR count). The number of hydrogen-bond donors (Lipinski definition) is 1. The van der Waals surface area contributed by atoms with Crippen LogP contribution in [0.2, 0.25) is 0 Å². The zero-order chi connectivity index (χ0) is 13.4.